The van der Waals surface area contributed by atoms with Crippen molar-refractivity contribution in [3.63, 3.8) is 0 Å². The van der Waals surface area contributed by atoms with Gasteiger partial charge in [-0.2, -0.15) is 0 Å². The highest BCUT2D eigenvalue weighted by molar-refractivity contribution is 5.82. The lowest BCUT2D eigenvalue weighted by Crippen LogP contribution is -2.09. The van der Waals surface area contributed by atoms with Crippen molar-refractivity contribution in [3.05, 3.63) is 29.5 Å². The van der Waals surface area contributed by atoms with Gasteiger partial charge in [0.1, 0.15) is 0 Å². The van der Waals surface area contributed by atoms with Crippen LogP contribution in [0, 0.1) is 0 Å². The summed E-state index contributed by atoms with van der Waals surface area (Å²) in [5.41, 5.74) is 2.49. The molecule has 1 heterocycles. The molecular formula is C13H13NO3. The monoisotopic (exact) mass is 231 g/mol. The average molecular weight is 231 g/mol. The second kappa shape index (κ2) is 3.87. The van der Waals surface area contributed by atoms with E-state index in [0.717, 1.165) is 16.6 Å². The molecule has 17 heavy (non-hydrogen) atoms. The van der Waals surface area contributed by atoms with E-state index >= 15 is 0 Å². The van der Waals surface area contributed by atoms with Gasteiger partial charge in [0, 0.05) is 11.3 Å². The Hall–Kier alpha value is -1.84. The average Bonchev–Trinajstić information content (AvgIpc) is 2.58. The molecule has 2 aromatic rings. The van der Waals surface area contributed by atoms with E-state index in [1.807, 2.05) is 12.1 Å². The molecule has 4 heteroatoms. The Morgan fingerprint density at radius 1 is 1.47 bits per heavy atom. The van der Waals surface area contributed by atoms with Gasteiger partial charge in [-0.15, -0.1) is 0 Å². The fourth-order valence-electron chi connectivity index (χ4n) is 2.26. The number of fused-ring (bicyclic) bond motifs is 1. The highest BCUT2D eigenvalue weighted by Crippen LogP contribution is 2.39. The molecule has 1 N–H and O–H groups in total. The minimum atomic E-state index is -0.830. The Balaban J connectivity index is 1.98. The molecule has 1 aliphatic rings. The van der Waals surface area contributed by atoms with Crippen molar-refractivity contribution >= 4 is 16.9 Å². The first-order valence-corrected chi connectivity index (χ1v) is 5.84. The highest BCUT2D eigenvalue weighted by atomic mass is 16.5. The smallest absolute Gasteiger partial charge is 0.307 e. The van der Waals surface area contributed by atoms with Crippen LogP contribution in [0.1, 0.15) is 36.4 Å². The van der Waals surface area contributed by atoms with Gasteiger partial charge in [0.2, 0.25) is 0 Å². The molecule has 1 aliphatic carbocycles. The number of carbonyl (C=O) groups is 1. The largest absolute Gasteiger partial charge is 0.481 e. The zero-order chi connectivity index (χ0) is 11.8. The molecule has 0 atom stereocenters. The Kier molecular flexibility index (Phi) is 2.35. The van der Waals surface area contributed by atoms with E-state index in [2.05, 4.69) is 5.16 Å². The normalized spacial score (nSPS) is 16.0. The summed E-state index contributed by atoms with van der Waals surface area (Å²) in [6.07, 6.45) is 3.64. The third kappa shape index (κ3) is 1.79. The van der Waals surface area contributed by atoms with Gasteiger partial charge >= 0.3 is 5.97 Å². The molecule has 1 aromatic carbocycles. The number of rotatable bonds is 3. The molecule has 0 bridgehead atoms. The van der Waals surface area contributed by atoms with Crippen LogP contribution in [0.2, 0.25) is 0 Å². The summed E-state index contributed by atoms with van der Waals surface area (Å²) in [6, 6.07) is 5.55. The van der Waals surface area contributed by atoms with Crippen LogP contribution >= 0.6 is 0 Å². The first-order chi connectivity index (χ1) is 8.24. The van der Waals surface area contributed by atoms with Crippen molar-refractivity contribution in [3.8, 4) is 0 Å². The second-order valence-electron chi connectivity index (χ2n) is 4.60. The van der Waals surface area contributed by atoms with E-state index < -0.39 is 5.97 Å². The fraction of sp³-hybridized carbons (Fsp3) is 0.385. The first kappa shape index (κ1) is 10.3. The zero-order valence-corrected chi connectivity index (χ0v) is 9.35. The third-order valence-electron chi connectivity index (χ3n) is 3.41. The van der Waals surface area contributed by atoms with Gasteiger partial charge in [0.25, 0.3) is 0 Å². The minimum Gasteiger partial charge on any atom is -0.481 e. The van der Waals surface area contributed by atoms with Gasteiger partial charge in [-0.25, -0.2) is 0 Å². The molecule has 88 valence electrons. The number of hydrogen-bond donors (Lipinski definition) is 1. The molecule has 1 fully saturated rings. The lowest BCUT2D eigenvalue weighted by molar-refractivity contribution is -0.136. The molecule has 0 unspecified atom stereocenters. The van der Waals surface area contributed by atoms with Crippen LogP contribution in [-0.2, 0) is 11.2 Å². The molecule has 0 saturated heterocycles. The summed E-state index contributed by atoms with van der Waals surface area (Å²) in [4.78, 5) is 10.6. The molecule has 0 spiro atoms. The van der Waals surface area contributed by atoms with Gasteiger partial charge in [-0.1, -0.05) is 17.6 Å². The Morgan fingerprint density at radius 2 is 2.29 bits per heavy atom. The van der Waals surface area contributed by atoms with E-state index in [1.165, 1.54) is 19.3 Å². The first-order valence-electron chi connectivity index (χ1n) is 5.84. The number of nitrogens with zero attached hydrogens (tertiary/aromatic N) is 1. The lowest BCUT2D eigenvalue weighted by Gasteiger charge is -2.22. The number of carboxylic acids is 1. The van der Waals surface area contributed by atoms with Gasteiger partial charge in [-0.05, 0) is 30.5 Å². The van der Waals surface area contributed by atoms with Crippen molar-refractivity contribution in [1.29, 1.82) is 0 Å². The summed E-state index contributed by atoms with van der Waals surface area (Å²) in [7, 11) is 0. The van der Waals surface area contributed by atoms with Crippen molar-refractivity contribution < 1.29 is 14.4 Å². The van der Waals surface area contributed by atoms with E-state index in [4.69, 9.17) is 9.63 Å². The van der Waals surface area contributed by atoms with Crippen LogP contribution in [0.15, 0.2) is 22.7 Å². The van der Waals surface area contributed by atoms with Crippen molar-refractivity contribution in [2.75, 3.05) is 0 Å². The zero-order valence-electron chi connectivity index (χ0n) is 9.35. The summed E-state index contributed by atoms with van der Waals surface area (Å²) < 4.78 is 5.29. The number of aliphatic carboxylic acids is 1. The fourth-order valence-corrected chi connectivity index (χ4v) is 2.26. The SMILES string of the molecule is O=C(O)Cc1ccc2c(C3CCC3)noc2c1. The molecule has 4 nitrogen and oxygen atoms in total. The maximum absolute atomic E-state index is 10.6. The molecule has 1 saturated carbocycles. The van der Waals surface area contributed by atoms with Gasteiger partial charge in [0.05, 0.1) is 12.1 Å². The van der Waals surface area contributed by atoms with Crippen LogP contribution < -0.4 is 0 Å². The third-order valence-corrected chi connectivity index (χ3v) is 3.41. The molecular weight excluding hydrogens is 218 g/mol. The van der Waals surface area contributed by atoms with E-state index in [9.17, 15) is 4.79 Å². The number of carboxylic acid groups (broad SMARTS) is 1. The number of benzene rings is 1. The molecule has 3 rings (SSSR count). The molecule has 0 radical (unpaired) electrons. The van der Waals surface area contributed by atoms with Crippen molar-refractivity contribution in [1.82, 2.24) is 5.16 Å². The Labute approximate surface area is 98.2 Å². The van der Waals surface area contributed by atoms with E-state index in [1.54, 1.807) is 6.07 Å². The number of aromatic nitrogens is 1. The van der Waals surface area contributed by atoms with Crippen molar-refractivity contribution in [2.24, 2.45) is 0 Å². The van der Waals surface area contributed by atoms with E-state index in [0.29, 0.717) is 11.5 Å². The predicted octanol–water partition coefficient (Wildman–Crippen LogP) is 2.72. The summed E-state index contributed by atoms with van der Waals surface area (Å²) in [5, 5.41) is 13.9. The van der Waals surface area contributed by atoms with Crippen LogP contribution in [0.5, 0.6) is 0 Å². The van der Waals surface area contributed by atoms with Gasteiger partial charge in [-0.3, -0.25) is 4.79 Å². The highest BCUT2D eigenvalue weighted by Gasteiger charge is 2.25. The van der Waals surface area contributed by atoms with Gasteiger partial charge < -0.3 is 9.63 Å². The standard InChI is InChI=1S/C13H13NO3/c15-12(16)7-8-4-5-10-11(6-8)17-14-13(10)9-2-1-3-9/h4-6,9H,1-3,7H2,(H,15,16). The van der Waals surface area contributed by atoms with Crippen LogP contribution in [0.25, 0.3) is 11.0 Å². The van der Waals surface area contributed by atoms with Crippen LogP contribution in [-0.4, -0.2) is 16.2 Å². The second-order valence-corrected chi connectivity index (χ2v) is 4.60. The summed E-state index contributed by atoms with van der Waals surface area (Å²) in [5.74, 6) is -0.301. The Bertz CT molecular complexity index is 569. The predicted molar refractivity (Wildman–Crippen MR) is 61.9 cm³/mol. The number of hydrogen-bond acceptors (Lipinski definition) is 3. The summed E-state index contributed by atoms with van der Waals surface area (Å²) in [6.45, 7) is 0. The lowest BCUT2D eigenvalue weighted by atomic mass is 9.82. The molecule has 0 amide bonds. The topological polar surface area (TPSA) is 63.3 Å². The van der Waals surface area contributed by atoms with Gasteiger partial charge in [0.15, 0.2) is 5.58 Å². The summed E-state index contributed by atoms with van der Waals surface area (Å²) >= 11 is 0. The van der Waals surface area contributed by atoms with Crippen LogP contribution in [0.4, 0.5) is 0 Å². The quantitative estimate of drug-likeness (QED) is 0.882. The maximum Gasteiger partial charge on any atom is 0.307 e. The Morgan fingerprint density at radius 3 is 2.94 bits per heavy atom. The maximum atomic E-state index is 10.6. The van der Waals surface area contributed by atoms with E-state index in [-0.39, 0.29) is 6.42 Å². The molecule has 0 aliphatic heterocycles. The van der Waals surface area contributed by atoms with Crippen LogP contribution in [0.3, 0.4) is 0 Å². The molecule has 1 aromatic heterocycles. The van der Waals surface area contributed by atoms with Crippen molar-refractivity contribution in [2.45, 2.75) is 31.6 Å². The minimum absolute atomic E-state index is 0.0232.